The maximum Gasteiger partial charge on any atom is 0.0753 e. The summed E-state index contributed by atoms with van der Waals surface area (Å²) in [6.07, 6.45) is 12.3. The third-order valence-electron chi connectivity index (χ3n) is 3.90. The molecule has 0 bridgehead atoms. The molecule has 0 aromatic carbocycles. The zero-order valence-corrected chi connectivity index (χ0v) is 10.9. The first-order chi connectivity index (χ1) is 8.27. The van der Waals surface area contributed by atoms with Crippen LogP contribution in [0.4, 0.5) is 0 Å². The Balaban J connectivity index is 1.87. The largest absolute Gasteiger partial charge is 0.306 e. The molecule has 0 aliphatic heterocycles. The van der Waals surface area contributed by atoms with E-state index in [0.717, 1.165) is 11.6 Å². The van der Waals surface area contributed by atoms with E-state index in [2.05, 4.69) is 29.1 Å². The van der Waals surface area contributed by atoms with E-state index in [9.17, 15) is 0 Å². The minimum atomic E-state index is 0.292. The predicted octanol–water partition coefficient (Wildman–Crippen LogP) is 3.10. The van der Waals surface area contributed by atoms with E-state index in [4.69, 9.17) is 0 Å². The Morgan fingerprint density at radius 3 is 2.59 bits per heavy atom. The summed E-state index contributed by atoms with van der Waals surface area (Å²) in [5, 5.41) is 3.66. The van der Waals surface area contributed by atoms with Gasteiger partial charge in [0.2, 0.25) is 0 Å². The lowest BCUT2D eigenvalue weighted by molar-refractivity contribution is 0.267. The molecule has 0 saturated heterocycles. The molecule has 1 unspecified atom stereocenters. The van der Waals surface area contributed by atoms with Gasteiger partial charge in [-0.3, -0.25) is 9.97 Å². The van der Waals surface area contributed by atoms with Crippen molar-refractivity contribution in [2.75, 3.05) is 0 Å². The van der Waals surface area contributed by atoms with Crippen molar-refractivity contribution >= 4 is 0 Å². The van der Waals surface area contributed by atoms with Crippen LogP contribution >= 0.6 is 0 Å². The van der Waals surface area contributed by atoms with Gasteiger partial charge in [-0.15, -0.1) is 0 Å². The third kappa shape index (κ3) is 3.50. The normalized spacial score (nSPS) is 21.1. The maximum absolute atomic E-state index is 4.35. The highest BCUT2D eigenvalue weighted by Crippen LogP contribution is 2.27. The van der Waals surface area contributed by atoms with Crippen LogP contribution in [0.1, 0.15) is 57.7 Å². The van der Waals surface area contributed by atoms with Crippen LogP contribution < -0.4 is 5.32 Å². The fraction of sp³-hybridized carbons (Fsp3) is 0.714. The van der Waals surface area contributed by atoms with Gasteiger partial charge >= 0.3 is 0 Å². The van der Waals surface area contributed by atoms with Gasteiger partial charge in [0, 0.05) is 30.7 Å². The molecule has 3 heteroatoms. The second-order valence-corrected chi connectivity index (χ2v) is 5.21. The summed E-state index contributed by atoms with van der Waals surface area (Å²) in [6.45, 7) is 4.48. The summed E-state index contributed by atoms with van der Waals surface area (Å²) in [7, 11) is 0. The van der Waals surface area contributed by atoms with E-state index in [0.29, 0.717) is 12.1 Å². The van der Waals surface area contributed by atoms with E-state index in [1.165, 1.54) is 32.1 Å². The van der Waals surface area contributed by atoms with Crippen LogP contribution in [0.2, 0.25) is 0 Å². The third-order valence-corrected chi connectivity index (χ3v) is 3.90. The number of aromatic nitrogens is 2. The van der Waals surface area contributed by atoms with E-state index in [-0.39, 0.29) is 0 Å². The summed E-state index contributed by atoms with van der Waals surface area (Å²) in [6, 6.07) is 0.868. The Labute approximate surface area is 104 Å². The van der Waals surface area contributed by atoms with Gasteiger partial charge in [0.15, 0.2) is 0 Å². The number of rotatable bonds is 4. The minimum Gasteiger partial charge on any atom is -0.306 e. The van der Waals surface area contributed by atoms with Gasteiger partial charge < -0.3 is 5.32 Å². The van der Waals surface area contributed by atoms with Crippen LogP contribution in [0.25, 0.3) is 0 Å². The molecule has 17 heavy (non-hydrogen) atoms. The van der Waals surface area contributed by atoms with Crippen LogP contribution in [0, 0.1) is 5.92 Å². The highest BCUT2D eigenvalue weighted by atomic mass is 15.0. The van der Waals surface area contributed by atoms with Gasteiger partial charge in [-0.25, -0.2) is 0 Å². The lowest BCUT2D eigenvalue weighted by atomic mass is 9.84. The van der Waals surface area contributed by atoms with Gasteiger partial charge in [0.25, 0.3) is 0 Å². The molecular formula is C14H23N3. The molecule has 0 radical (unpaired) electrons. The standard InChI is InChI=1S/C14H23N3/c1-11(13-6-4-3-5-7-13)17-12(2)14-10-15-8-9-16-14/h8-13,17H,3-7H2,1-2H3/t11-,12?/m1/s1. The monoisotopic (exact) mass is 233 g/mol. The highest BCUT2D eigenvalue weighted by molar-refractivity contribution is 5.01. The molecule has 2 atom stereocenters. The van der Waals surface area contributed by atoms with E-state index in [1.54, 1.807) is 12.4 Å². The average Bonchev–Trinajstić information content (AvgIpc) is 2.40. The van der Waals surface area contributed by atoms with Crippen molar-refractivity contribution in [2.24, 2.45) is 5.92 Å². The second kappa shape index (κ2) is 6.10. The SMILES string of the molecule is CC(N[C@H](C)C1CCCCC1)c1cnccn1. The molecule has 94 valence electrons. The molecule has 1 aromatic rings. The Hall–Kier alpha value is -0.960. The van der Waals surface area contributed by atoms with Crippen LogP contribution in [0.5, 0.6) is 0 Å². The van der Waals surface area contributed by atoms with Crippen molar-refractivity contribution in [3.05, 3.63) is 24.3 Å². The highest BCUT2D eigenvalue weighted by Gasteiger charge is 2.21. The quantitative estimate of drug-likeness (QED) is 0.868. The first kappa shape index (κ1) is 12.5. The molecule has 1 heterocycles. The van der Waals surface area contributed by atoms with Gasteiger partial charge in [0.05, 0.1) is 5.69 Å². The first-order valence-electron chi connectivity index (χ1n) is 6.79. The van der Waals surface area contributed by atoms with Crippen molar-refractivity contribution < 1.29 is 0 Å². The minimum absolute atomic E-state index is 0.292. The summed E-state index contributed by atoms with van der Waals surface area (Å²) in [5.41, 5.74) is 1.04. The molecule has 1 aliphatic rings. The lowest BCUT2D eigenvalue weighted by Gasteiger charge is -2.30. The lowest BCUT2D eigenvalue weighted by Crippen LogP contribution is -2.36. The molecule has 0 spiro atoms. The fourth-order valence-electron chi connectivity index (χ4n) is 2.78. The Bertz CT molecular complexity index is 319. The summed E-state index contributed by atoms with van der Waals surface area (Å²) < 4.78 is 0. The van der Waals surface area contributed by atoms with Crippen molar-refractivity contribution in [1.82, 2.24) is 15.3 Å². The topological polar surface area (TPSA) is 37.8 Å². The smallest absolute Gasteiger partial charge is 0.0753 e. The summed E-state index contributed by atoms with van der Waals surface area (Å²) in [4.78, 5) is 8.47. The Kier molecular flexibility index (Phi) is 4.49. The van der Waals surface area contributed by atoms with Crippen LogP contribution in [-0.2, 0) is 0 Å². The Morgan fingerprint density at radius 2 is 1.94 bits per heavy atom. The fourth-order valence-corrected chi connectivity index (χ4v) is 2.78. The molecule has 1 aromatic heterocycles. The molecule has 0 amide bonds. The Morgan fingerprint density at radius 1 is 1.18 bits per heavy atom. The molecular weight excluding hydrogens is 210 g/mol. The van der Waals surface area contributed by atoms with Gasteiger partial charge in [0.1, 0.15) is 0 Å². The van der Waals surface area contributed by atoms with E-state index < -0.39 is 0 Å². The van der Waals surface area contributed by atoms with Crippen LogP contribution in [0.3, 0.4) is 0 Å². The number of hydrogen-bond acceptors (Lipinski definition) is 3. The molecule has 3 nitrogen and oxygen atoms in total. The van der Waals surface area contributed by atoms with Crippen molar-refractivity contribution in [1.29, 1.82) is 0 Å². The van der Waals surface area contributed by atoms with Gasteiger partial charge in [-0.1, -0.05) is 19.3 Å². The molecule has 1 aliphatic carbocycles. The zero-order valence-electron chi connectivity index (χ0n) is 10.9. The van der Waals surface area contributed by atoms with Gasteiger partial charge in [-0.2, -0.15) is 0 Å². The molecule has 1 saturated carbocycles. The average molecular weight is 233 g/mol. The zero-order chi connectivity index (χ0) is 12.1. The maximum atomic E-state index is 4.35. The molecule has 2 rings (SSSR count). The van der Waals surface area contributed by atoms with Crippen LogP contribution in [0.15, 0.2) is 18.6 Å². The first-order valence-corrected chi connectivity index (χ1v) is 6.79. The van der Waals surface area contributed by atoms with Crippen molar-refractivity contribution in [2.45, 2.75) is 58.0 Å². The van der Waals surface area contributed by atoms with E-state index >= 15 is 0 Å². The van der Waals surface area contributed by atoms with Crippen molar-refractivity contribution in [3.63, 3.8) is 0 Å². The number of hydrogen-bond donors (Lipinski definition) is 1. The molecule has 1 fully saturated rings. The van der Waals surface area contributed by atoms with Crippen LogP contribution in [-0.4, -0.2) is 16.0 Å². The number of nitrogens with one attached hydrogen (secondary N) is 1. The number of nitrogens with zero attached hydrogens (tertiary/aromatic N) is 2. The van der Waals surface area contributed by atoms with Crippen molar-refractivity contribution in [3.8, 4) is 0 Å². The molecule has 1 N–H and O–H groups in total. The summed E-state index contributed by atoms with van der Waals surface area (Å²) >= 11 is 0. The predicted molar refractivity (Wildman–Crippen MR) is 69.6 cm³/mol. The second-order valence-electron chi connectivity index (χ2n) is 5.21. The summed E-state index contributed by atoms with van der Waals surface area (Å²) in [5.74, 6) is 0.836. The van der Waals surface area contributed by atoms with E-state index in [1.807, 2.05) is 6.20 Å². The van der Waals surface area contributed by atoms with Gasteiger partial charge in [-0.05, 0) is 32.6 Å².